The molecule has 0 aliphatic heterocycles. The van der Waals surface area contributed by atoms with E-state index in [1.807, 2.05) is 0 Å². The molecule has 1 rings (SSSR count). The molecule has 0 saturated carbocycles. The van der Waals surface area contributed by atoms with E-state index in [1.165, 1.54) is 11.1 Å². The van der Waals surface area contributed by atoms with Crippen molar-refractivity contribution < 1.29 is 24.7 Å². The first kappa shape index (κ1) is 15.4. The molecular weight excluding hydrogens is 283 g/mol. The van der Waals surface area contributed by atoms with Gasteiger partial charge in [0.05, 0.1) is 0 Å². The summed E-state index contributed by atoms with van der Waals surface area (Å²) in [5.41, 5.74) is 4.96. The predicted octanol–water partition coefficient (Wildman–Crippen LogP) is 4.59. The summed E-state index contributed by atoms with van der Waals surface area (Å²) in [5, 5.41) is 0. The molecule has 0 amide bonds. The molecule has 2 heteroatoms. The zero-order chi connectivity index (χ0) is 12.2. The van der Waals surface area contributed by atoms with Gasteiger partial charge in [0, 0.05) is 5.88 Å². The van der Waals surface area contributed by atoms with Crippen LogP contribution in [0.4, 0.5) is 0 Å². The molecule has 0 aromatic heterocycles. The maximum atomic E-state index is 5.07. The van der Waals surface area contributed by atoms with Gasteiger partial charge in [0.1, 0.15) is 0 Å². The number of allylic oxidation sites excluding steroid dienone is 5. The van der Waals surface area contributed by atoms with E-state index in [1.54, 1.807) is 39.6 Å². The molecule has 0 spiro atoms. The summed E-state index contributed by atoms with van der Waals surface area (Å²) in [4.78, 5) is 0. The summed E-state index contributed by atoms with van der Waals surface area (Å²) in [6, 6.07) is 0. The van der Waals surface area contributed by atoms with Crippen LogP contribution in [-0.4, -0.2) is 5.88 Å². The van der Waals surface area contributed by atoms with Crippen LogP contribution in [0.25, 0.3) is 0 Å². The van der Waals surface area contributed by atoms with E-state index in [0.29, 0.717) is 11.3 Å². The molecule has 0 atom stereocenters. The molecule has 0 aromatic rings. The molecule has 0 radical (unpaired) electrons. The van der Waals surface area contributed by atoms with Gasteiger partial charge in [0.2, 0.25) is 0 Å². The maximum absolute atomic E-state index is 5.07. The molecule has 0 aromatic carbocycles. The van der Waals surface area contributed by atoms with Crippen LogP contribution in [0.3, 0.4) is 0 Å². The predicted molar refractivity (Wildman–Crippen MR) is 65.8 cm³/mol. The molecule has 15 heavy (non-hydrogen) atoms. The van der Waals surface area contributed by atoms with Crippen molar-refractivity contribution in [3.63, 3.8) is 0 Å². The molecule has 83 valence electrons. The summed E-state index contributed by atoms with van der Waals surface area (Å²) in [5.74, 6) is 0.556. The standard InChI is InChI=1S/C10H15.C3H5Cl.Zr/c1-7-6-10(4,5)9(3)8(7)2;1-2-3-4;/h1-5H3;2H,1,3H2;. The zero-order valence-electron chi connectivity index (χ0n) is 10.4. The van der Waals surface area contributed by atoms with Gasteiger partial charge in [0.25, 0.3) is 0 Å². The summed E-state index contributed by atoms with van der Waals surface area (Å²) in [6.45, 7) is 14.7. The molecule has 0 heterocycles. The Morgan fingerprint density at radius 2 is 1.67 bits per heavy atom. The fourth-order valence-corrected chi connectivity index (χ4v) is 2.52. The minimum absolute atomic E-state index is 0.354. The summed E-state index contributed by atoms with van der Waals surface area (Å²) >= 11 is 6.64. The van der Waals surface area contributed by atoms with Crippen molar-refractivity contribution in [1.29, 1.82) is 0 Å². The van der Waals surface area contributed by atoms with E-state index in [0.717, 1.165) is 0 Å². The van der Waals surface area contributed by atoms with Crippen molar-refractivity contribution in [2.24, 2.45) is 5.41 Å². The number of hydrogen-bond acceptors (Lipinski definition) is 0. The van der Waals surface area contributed by atoms with Crippen LogP contribution in [0.15, 0.2) is 32.7 Å². The first-order valence-corrected chi connectivity index (χ1v) is 6.85. The SMILES string of the molecule is C=CCCl.CC1=C(C)C(C)(C)[C]([Zr])=C1C. The van der Waals surface area contributed by atoms with Crippen LogP contribution >= 0.6 is 11.6 Å². The van der Waals surface area contributed by atoms with Crippen molar-refractivity contribution in [3.8, 4) is 0 Å². The van der Waals surface area contributed by atoms with Crippen molar-refractivity contribution in [2.75, 3.05) is 5.88 Å². The Kier molecular flexibility index (Phi) is 6.37. The van der Waals surface area contributed by atoms with Crippen LogP contribution in [-0.2, 0) is 24.7 Å². The Bertz CT molecular complexity index is 282. The molecular formula is C13H20ClZr. The summed E-state index contributed by atoms with van der Waals surface area (Å²) in [7, 11) is 0. The fourth-order valence-electron chi connectivity index (χ4n) is 1.59. The van der Waals surface area contributed by atoms with Gasteiger partial charge in [-0.05, 0) is 0 Å². The second-order valence-corrected chi connectivity index (χ2v) is 5.86. The van der Waals surface area contributed by atoms with Gasteiger partial charge in [-0.25, -0.2) is 0 Å². The second-order valence-electron chi connectivity index (χ2n) is 4.32. The van der Waals surface area contributed by atoms with E-state index in [2.05, 4.69) is 41.2 Å². The van der Waals surface area contributed by atoms with Crippen molar-refractivity contribution in [3.05, 3.63) is 32.7 Å². The van der Waals surface area contributed by atoms with Gasteiger partial charge in [0.15, 0.2) is 0 Å². The molecule has 0 fully saturated rings. The van der Waals surface area contributed by atoms with E-state index >= 15 is 0 Å². The average molecular weight is 303 g/mol. The zero-order valence-corrected chi connectivity index (χ0v) is 13.6. The molecule has 1 aliphatic carbocycles. The topological polar surface area (TPSA) is 0 Å². The first-order chi connectivity index (χ1) is 6.80. The van der Waals surface area contributed by atoms with Gasteiger partial charge < -0.3 is 0 Å². The third kappa shape index (κ3) is 3.43. The molecule has 0 saturated heterocycles. The number of hydrogen-bond donors (Lipinski definition) is 0. The molecule has 1 aliphatic rings. The third-order valence-corrected chi connectivity index (χ3v) is 5.85. The second kappa shape index (κ2) is 6.21. The van der Waals surface area contributed by atoms with Crippen molar-refractivity contribution in [1.82, 2.24) is 0 Å². The van der Waals surface area contributed by atoms with Gasteiger partial charge in [-0.2, -0.15) is 0 Å². The van der Waals surface area contributed by atoms with Gasteiger partial charge in [-0.1, -0.05) is 6.08 Å². The van der Waals surface area contributed by atoms with E-state index < -0.39 is 0 Å². The average Bonchev–Trinajstić information content (AvgIpc) is 2.35. The Labute approximate surface area is 114 Å². The number of rotatable bonds is 1. The molecule has 0 unspecified atom stereocenters. The normalized spacial score (nSPS) is 18.7. The minimum atomic E-state index is 0.354. The Morgan fingerprint density at radius 1 is 1.27 bits per heavy atom. The van der Waals surface area contributed by atoms with Gasteiger partial charge >= 0.3 is 84.8 Å². The van der Waals surface area contributed by atoms with Crippen LogP contribution < -0.4 is 0 Å². The Morgan fingerprint density at radius 3 is 1.73 bits per heavy atom. The summed E-state index contributed by atoms with van der Waals surface area (Å²) < 4.78 is 1.62. The van der Waals surface area contributed by atoms with Crippen LogP contribution in [0.5, 0.6) is 0 Å². The number of halogens is 1. The fraction of sp³-hybridized carbons (Fsp3) is 0.538. The van der Waals surface area contributed by atoms with E-state index in [9.17, 15) is 0 Å². The van der Waals surface area contributed by atoms with Crippen LogP contribution in [0.1, 0.15) is 34.6 Å². The van der Waals surface area contributed by atoms with E-state index in [-0.39, 0.29) is 0 Å². The van der Waals surface area contributed by atoms with E-state index in [4.69, 9.17) is 11.6 Å². The molecule has 0 N–H and O–H groups in total. The van der Waals surface area contributed by atoms with Crippen LogP contribution in [0, 0.1) is 5.41 Å². The molecule has 0 nitrogen and oxygen atoms in total. The van der Waals surface area contributed by atoms with Gasteiger partial charge in [-0.3, -0.25) is 0 Å². The Balaban J connectivity index is 0.000000423. The summed E-state index contributed by atoms with van der Waals surface area (Å²) in [6.07, 6.45) is 1.64. The Hall–Kier alpha value is 0.393. The van der Waals surface area contributed by atoms with Crippen LogP contribution in [0.2, 0.25) is 0 Å². The monoisotopic (exact) mass is 301 g/mol. The quantitative estimate of drug-likeness (QED) is 0.491. The van der Waals surface area contributed by atoms with Crippen molar-refractivity contribution >= 4 is 11.6 Å². The number of alkyl halides is 1. The molecule has 0 bridgehead atoms. The first-order valence-electron chi connectivity index (χ1n) is 5.08. The van der Waals surface area contributed by atoms with Gasteiger partial charge in [-0.15, -0.1) is 18.2 Å². The van der Waals surface area contributed by atoms with Crippen molar-refractivity contribution in [2.45, 2.75) is 34.6 Å². The third-order valence-electron chi connectivity index (χ3n) is 3.17.